The Morgan fingerprint density at radius 1 is 1.29 bits per heavy atom. The fourth-order valence-corrected chi connectivity index (χ4v) is 2.91. The summed E-state index contributed by atoms with van der Waals surface area (Å²) in [6.45, 7) is 2.74. The smallest absolute Gasteiger partial charge is 0.263 e. The summed E-state index contributed by atoms with van der Waals surface area (Å²) in [6, 6.07) is 10.4. The van der Waals surface area contributed by atoms with Crippen molar-refractivity contribution in [2.75, 3.05) is 13.1 Å². The number of nitrogens with one attached hydrogen (secondary N) is 1. The molecule has 0 fully saturated rings. The monoisotopic (exact) mass is 401 g/mol. The maximum Gasteiger partial charge on any atom is 0.263 e. The first-order valence-corrected chi connectivity index (χ1v) is 9.23. The molecule has 3 rings (SSSR count). The number of likely N-dealkylation sites (N-methyl/N-ethyl adjacent to an activating group) is 1. The molecule has 1 aromatic carbocycles. The molecule has 0 bridgehead atoms. The number of rotatable bonds is 6. The summed E-state index contributed by atoms with van der Waals surface area (Å²) in [5, 5.41) is 13.1. The third-order valence-electron chi connectivity index (χ3n) is 4.18. The minimum Gasteiger partial charge on any atom is -0.511 e. The van der Waals surface area contributed by atoms with Crippen LogP contribution in [0.3, 0.4) is 0 Å². The first kappa shape index (κ1) is 19.7. The van der Waals surface area contributed by atoms with Gasteiger partial charge in [0.05, 0.1) is 0 Å². The third kappa shape index (κ3) is 4.61. The molecule has 0 radical (unpaired) electrons. The highest BCUT2D eigenvalue weighted by atomic mass is 35.5. The van der Waals surface area contributed by atoms with Crippen molar-refractivity contribution in [2.45, 2.75) is 19.9 Å². The molecule has 28 heavy (non-hydrogen) atoms. The van der Waals surface area contributed by atoms with Crippen LogP contribution in [0.1, 0.15) is 18.9 Å². The summed E-state index contributed by atoms with van der Waals surface area (Å²) < 4.78 is 5.65. The highest BCUT2D eigenvalue weighted by molar-refractivity contribution is 6.30. The van der Waals surface area contributed by atoms with Gasteiger partial charge in [-0.1, -0.05) is 17.7 Å². The average molecular weight is 402 g/mol. The van der Waals surface area contributed by atoms with Crippen molar-refractivity contribution in [3.05, 3.63) is 64.5 Å². The number of amides is 2. The predicted octanol–water partition coefficient (Wildman–Crippen LogP) is 3.21. The third-order valence-corrected chi connectivity index (χ3v) is 4.43. The summed E-state index contributed by atoms with van der Waals surface area (Å²) >= 11 is 5.85. The van der Waals surface area contributed by atoms with Crippen molar-refractivity contribution in [1.29, 1.82) is 0 Å². The summed E-state index contributed by atoms with van der Waals surface area (Å²) in [5.41, 5.74) is 0.595. The van der Waals surface area contributed by atoms with Gasteiger partial charge in [0.25, 0.3) is 11.8 Å². The van der Waals surface area contributed by atoms with E-state index in [4.69, 9.17) is 16.3 Å². The molecule has 7 nitrogen and oxygen atoms in total. The van der Waals surface area contributed by atoms with Gasteiger partial charge >= 0.3 is 0 Å². The fraction of sp³-hybridized carbons (Fsp3) is 0.250. The van der Waals surface area contributed by atoms with E-state index in [0.717, 1.165) is 5.56 Å². The van der Waals surface area contributed by atoms with E-state index in [9.17, 15) is 14.7 Å². The Morgan fingerprint density at radius 2 is 2.04 bits per heavy atom. The van der Waals surface area contributed by atoms with Crippen LogP contribution in [0.5, 0.6) is 11.6 Å². The molecule has 1 aliphatic rings. The lowest BCUT2D eigenvalue weighted by molar-refractivity contribution is -0.132. The van der Waals surface area contributed by atoms with E-state index in [1.54, 1.807) is 49.5 Å². The topological polar surface area (TPSA) is 91.8 Å². The number of benzene rings is 1. The Morgan fingerprint density at radius 3 is 2.68 bits per heavy atom. The van der Waals surface area contributed by atoms with Gasteiger partial charge in [0, 0.05) is 43.3 Å². The van der Waals surface area contributed by atoms with E-state index in [-0.39, 0.29) is 24.3 Å². The summed E-state index contributed by atoms with van der Waals surface area (Å²) in [5.74, 6) is -0.188. The van der Waals surface area contributed by atoms with E-state index in [1.807, 2.05) is 0 Å². The van der Waals surface area contributed by atoms with Gasteiger partial charge in [-0.15, -0.1) is 0 Å². The molecule has 0 aliphatic carbocycles. The normalized spacial score (nSPS) is 14.2. The molecule has 2 amide bonds. The van der Waals surface area contributed by atoms with Crippen LogP contribution in [0.4, 0.5) is 0 Å². The number of nitrogens with zero attached hydrogens (tertiary/aromatic N) is 2. The highest BCUT2D eigenvalue weighted by Crippen LogP contribution is 2.23. The van der Waals surface area contributed by atoms with Crippen LogP contribution in [0.2, 0.25) is 5.02 Å². The highest BCUT2D eigenvalue weighted by Gasteiger charge is 2.31. The van der Waals surface area contributed by atoms with Gasteiger partial charge in [-0.2, -0.15) is 0 Å². The molecule has 0 spiro atoms. The number of aliphatic hydroxyl groups is 1. The van der Waals surface area contributed by atoms with Crippen molar-refractivity contribution in [2.24, 2.45) is 0 Å². The van der Waals surface area contributed by atoms with E-state index in [0.29, 0.717) is 29.7 Å². The Kier molecular flexibility index (Phi) is 6.16. The minimum atomic E-state index is -0.556. The van der Waals surface area contributed by atoms with E-state index in [1.165, 1.54) is 4.90 Å². The van der Waals surface area contributed by atoms with Gasteiger partial charge in [0.15, 0.2) is 0 Å². The van der Waals surface area contributed by atoms with E-state index < -0.39 is 11.8 Å². The lowest BCUT2D eigenvalue weighted by Gasteiger charge is -2.28. The fourth-order valence-electron chi connectivity index (χ4n) is 2.79. The molecule has 1 aromatic heterocycles. The Balaban J connectivity index is 1.66. The van der Waals surface area contributed by atoms with Gasteiger partial charge in [0.2, 0.25) is 5.88 Å². The quantitative estimate of drug-likeness (QED) is 0.725. The molecular weight excluding hydrogens is 382 g/mol. The summed E-state index contributed by atoms with van der Waals surface area (Å²) in [7, 11) is 0. The zero-order valence-electron chi connectivity index (χ0n) is 15.3. The molecule has 2 heterocycles. The first-order chi connectivity index (χ1) is 13.5. The number of carbonyl (C=O) groups is 2. The van der Waals surface area contributed by atoms with Gasteiger partial charge in [-0.05, 0) is 36.8 Å². The second kappa shape index (κ2) is 8.75. The maximum absolute atomic E-state index is 12.6. The molecule has 0 saturated carbocycles. The van der Waals surface area contributed by atoms with Crippen molar-refractivity contribution < 1.29 is 19.4 Å². The van der Waals surface area contributed by atoms with E-state index in [2.05, 4.69) is 10.3 Å². The van der Waals surface area contributed by atoms with Crippen LogP contribution >= 0.6 is 11.6 Å². The molecule has 146 valence electrons. The number of aromatic nitrogens is 1. The van der Waals surface area contributed by atoms with Crippen molar-refractivity contribution in [3.8, 4) is 11.6 Å². The molecule has 0 saturated heterocycles. The summed E-state index contributed by atoms with van der Waals surface area (Å²) in [6.07, 6.45) is 1.85. The van der Waals surface area contributed by atoms with Crippen molar-refractivity contribution in [1.82, 2.24) is 15.2 Å². The SMILES string of the molecule is CCNC(=O)C1=C(O)CCN(Cc2ccc(Oc3ccc(Cl)cc3)nc2)C1=O. The van der Waals surface area contributed by atoms with Gasteiger partial charge < -0.3 is 20.1 Å². The standard InChI is InChI=1S/C20H20ClN3O4/c1-2-22-19(26)18-16(25)9-10-24(20(18)27)12-13-3-8-17(23-11-13)28-15-6-4-14(21)5-7-15/h3-8,11,25H,2,9-10,12H2,1H3,(H,22,26). The Hall–Kier alpha value is -3.06. The molecule has 0 unspecified atom stereocenters. The lowest BCUT2D eigenvalue weighted by atomic mass is 10.1. The number of hydrogen-bond acceptors (Lipinski definition) is 5. The summed E-state index contributed by atoms with van der Waals surface area (Å²) in [4.78, 5) is 30.4. The molecule has 2 aromatic rings. The lowest BCUT2D eigenvalue weighted by Crippen LogP contribution is -2.42. The Labute approximate surface area is 167 Å². The zero-order chi connectivity index (χ0) is 20.1. The van der Waals surface area contributed by atoms with Crippen LogP contribution in [-0.2, 0) is 16.1 Å². The number of ether oxygens (including phenoxy) is 1. The zero-order valence-corrected chi connectivity index (χ0v) is 16.1. The number of aliphatic hydroxyl groups excluding tert-OH is 1. The largest absolute Gasteiger partial charge is 0.511 e. The number of pyridine rings is 1. The number of halogens is 1. The van der Waals surface area contributed by atoms with Gasteiger partial charge in [-0.25, -0.2) is 4.98 Å². The molecular formula is C20H20ClN3O4. The predicted molar refractivity (Wildman–Crippen MR) is 104 cm³/mol. The molecule has 0 atom stereocenters. The molecule has 2 N–H and O–H groups in total. The van der Waals surface area contributed by atoms with E-state index >= 15 is 0 Å². The van der Waals surface area contributed by atoms with Crippen LogP contribution in [0.15, 0.2) is 53.9 Å². The van der Waals surface area contributed by atoms with Gasteiger partial charge in [0.1, 0.15) is 17.1 Å². The Bertz CT molecular complexity index is 895. The minimum absolute atomic E-state index is 0.169. The second-order valence-corrected chi connectivity index (χ2v) is 6.65. The molecule has 8 heteroatoms. The number of carbonyl (C=O) groups excluding carboxylic acids is 2. The first-order valence-electron chi connectivity index (χ1n) is 8.86. The van der Waals surface area contributed by atoms with Crippen molar-refractivity contribution in [3.63, 3.8) is 0 Å². The van der Waals surface area contributed by atoms with Crippen LogP contribution < -0.4 is 10.1 Å². The molecule has 1 aliphatic heterocycles. The van der Waals surface area contributed by atoms with Crippen molar-refractivity contribution >= 4 is 23.4 Å². The van der Waals surface area contributed by atoms with Crippen LogP contribution in [-0.4, -0.2) is 39.9 Å². The van der Waals surface area contributed by atoms with Gasteiger partial charge in [-0.3, -0.25) is 9.59 Å². The van der Waals surface area contributed by atoms with Crippen LogP contribution in [0, 0.1) is 0 Å². The number of hydrogen-bond donors (Lipinski definition) is 2. The second-order valence-electron chi connectivity index (χ2n) is 6.22. The van der Waals surface area contributed by atoms with Crippen LogP contribution in [0.25, 0.3) is 0 Å². The maximum atomic E-state index is 12.6. The average Bonchev–Trinajstić information content (AvgIpc) is 2.68.